The molecular formula is C28H35ClN6O2. The van der Waals surface area contributed by atoms with Crippen LogP contribution in [0.2, 0.25) is 5.02 Å². The number of anilines is 1. The smallest absolute Gasteiger partial charge is 0.138 e. The summed E-state index contributed by atoms with van der Waals surface area (Å²) in [4.78, 5) is 12.5. The van der Waals surface area contributed by atoms with Crippen LogP contribution in [0, 0.1) is 5.92 Å². The first kappa shape index (κ1) is 23.7. The Labute approximate surface area is 223 Å². The molecular weight excluding hydrogens is 488 g/mol. The molecule has 8 heterocycles. The predicted octanol–water partition coefficient (Wildman–Crippen LogP) is 3.82. The number of likely N-dealkylation sites (tertiary alicyclic amines) is 1. The molecule has 5 aliphatic rings. The maximum absolute atomic E-state index is 6.55. The van der Waals surface area contributed by atoms with E-state index in [1.807, 2.05) is 16.9 Å². The molecule has 8 nitrogen and oxygen atoms in total. The molecule has 37 heavy (non-hydrogen) atoms. The Morgan fingerprint density at radius 1 is 1.11 bits per heavy atom. The summed E-state index contributed by atoms with van der Waals surface area (Å²) in [6.45, 7) is 11.3. The zero-order valence-corrected chi connectivity index (χ0v) is 22.3. The molecule has 0 aromatic carbocycles. The molecule has 0 spiro atoms. The molecule has 8 rings (SSSR count). The second-order valence-corrected chi connectivity index (χ2v) is 11.9. The highest BCUT2D eigenvalue weighted by Gasteiger charge is 2.44. The van der Waals surface area contributed by atoms with Gasteiger partial charge in [-0.05, 0) is 37.0 Å². The van der Waals surface area contributed by atoms with Crippen molar-refractivity contribution in [3.63, 3.8) is 0 Å². The Morgan fingerprint density at radius 3 is 2.68 bits per heavy atom. The number of fused-ring (bicyclic) bond motifs is 5. The minimum Gasteiger partial charge on any atom is -0.491 e. The number of morpholine rings is 1. The minimum atomic E-state index is 0.407. The molecule has 5 fully saturated rings. The SMILES string of the molecule is CC(C)CN1C2CC1CN(c1ccc(-c3cc(OCCN4CC5CC4CO5)cn4ncc(Cl)c34)cn1)C2. The first-order chi connectivity index (χ1) is 18.0. The van der Waals surface area contributed by atoms with Gasteiger partial charge in [0.25, 0.3) is 0 Å². The van der Waals surface area contributed by atoms with Crippen LogP contribution in [0.15, 0.2) is 36.8 Å². The number of rotatable bonds is 8. The fourth-order valence-electron chi connectivity index (χ4n) is 6.72. The largest absolute Gasteiger partial charge is 0.491 e. The third-order valence-electron chi connectivity index (χ3n) is 8.51. The normalized spacial score (nSPS) is 27.4. The van der Waals surface area contributed by atoms with Crippen molar-refractivity contribution in [1.29, 1.82) is 0 Å². The van der Waals surface area contributed by atoms with Crippen LogP contribution in [0.1, 0.15) is 26.7 Å². The van der Waals surface area contributed by atoms with Gasteiger partial charge in [-0.25, -0.2) is 9.50 Å². The molecule has 0 aliphatic carbocycles. The van der Waals surface area contributed by atoms with Crippen LogP contribution in [0.5, 0.6) is 5.75 Å². The van der Waals surface area contributed by atoms with Gasteiger partial charge in [0, 0.05) is 68.2 Å². The Hall–Kier alpha value is -2.39. The monoisotopic (exact) mass is 522 g/mol. The van der Waals surface area contributed by atoms with Crippen molar-refractivity contribution in [3.8, 4) is 16.9 Å². The highest BCUT2D eigenvalue weighted by atomic mass is 35.5. The van der Waals surface area contributed by atoms with Crippen molar-refractivity contribution in [3.05, 3.63) is 41.8 Å². The van der Waals surface area contributed by atoms with E-state index in [0.717, 1.165) is 67.4 Å². The van der Waals surface area contributed by atoms with E-state index in [4.69, 9.17) is 26.1 Å². The van der Waals surface area contributed by atoms with Crippen LogP contribution >= 0.6 is 11.6 Å². The van der Waals surface area contributed by atoms with E-state index in [9.17, 15) is 0 Å². The lowest BCUT2D eigenvalue weighted by atomic mass is 9.86. The molecule has 4 bridgehead atoms. The van der Waals surface area contributed by atoms with Crippen molar-refractivity contribution < 1.29 is 9.47 Å². The lowest BCUT2D eigenvalue weighted by Gasteiger charge is -2.57. The molecule has 5 saturated heterocycles. The van der Waals surface area contributed by atoms with Gasteiger partial charge in [0.1, 0.15) is 18.2 Å². The number of piperazine rings is 1. The van der Waals surface area contributed by atoms with Gasteiger partial charge in [-0.1, -0.05) is 25.4 Å². The van der Waals surface area contributed by atoms with Crippen LogP contribution in [0.3, 0.4) is 0 Å². The Balaban J connectivity index is 1.07. The molecule has 0 radical (unpaired) electrons. The molecule has 196 valence electrons. The summed E-state index contributed by atoms with van der Waals surface area (Å²) in [5, 5.41) is 5.08. The fourth-order valence-corrected chi connectivity index (χ4v) is 6.95. The number of ether oxygens (including phenoxy) is 2. The van der Waals surface area contributed by atoms with E-state index < -0.39 is 0 Å². The Morgan fingerprint density at radius 2 is 1.97 bits per heavy atom. The molecule has 9 heteroatoms. The number of nitrogens with zero attached hydrogens (tertiary/aromatic N) is 6. The number of pyridine rings is 2. The molecule has 0 N–H and O–H groups in total. The average Bonchev–Trinajstić information content (AvgIpc) is 3.63. The maximum atomic E-state index is 6.55. The molecule has 0 saturated carbocycles. The van der Waals surface area contributed by atoms with Crippen LogP contribution in [-0.2, 0) is 4.74 Å². The zero-order chi connectivity index (χ0) is 25.1. The highest BCUT2D eigenvalue weighted by Crippen LogP contribution is 2.36. The van der Waals surface area contributed by atoms with Crippen LogP contribution < -0.4 is 9.64 Å². The number of halogens is 1. The summed E-state index contributed by atoms with van der Waals surface area (Å²) in [6, 6.07) is 8.22. The number of hydrogen-bond acceptors (Lipinski definition) is 7. The summed E-state index contributed by atoms with van der Waals surface area (Å²) in [5.41, 5.74) is 2.87. The lowest BCUT2D eigenvalue weighted by Crippen LogP contribution is -2.69. The van der Waals surface area contributed by atoms with Crippen LogP contribution in [0.25, 0.3) is 16.6 Å². The summed E-state index contributed by atoms with van der Waals surface area (Å²) >= 11 is 6.55. The molecule has 4 atom stereocenters. The summed E-state index contributed by atoms with van der Waals surface area (Å²) in [7, 11) is 0. The van der Waals surface area contributed by atoms with E-state index >= 15 is 0 Å². The molecule has 3 aromatic heterocycles. The first-order valence-corrected chi connectivity index (χ1v) is 14.0. The first-order valence-electron chi connectivity index (χ1n) is 13.6. The highest BCUT2D eigenvalue weighted by molar-refractivity contribution is 6.34. The van der Waals surface area contributed by atoms with E-state index in [2.05, 4.69) is 51.8 Å². The second-order valence-electron chi connectivity index (χ2n) is 11.5. The van der Waals surface area contributed by atoms with E-state index in [1.165, 1.54) is 13.0 Å². The Kier molecular flexibility index (Phi) is 6.03. The van der Waals surface area contributed by atoms with Gasteiger partial charge in [0.2, 0.25) is 0 Å². The Bertz CT molecular complexity index is 1270. The lowest BCUT2D eigenvalue weighted by molar-refractivity contribution is -0.0100. The van der Waals surface area contributed by atoms with E-state index in [0.29, 0.717) is 41.8 Å². The van der Waals surface area contributed by atoms with E-state index in [1.54, 1.807) is 6.20 Å². The van der Waals surface area contributed by atoms with Crippen molar-refractivity contribution >= 4 is 22.9 Å². The minimum absolute atomic E-state index is 0.407. The fraction of sp³-hybridized carbons (Fsp3) is 0.571. The summed E-state index contributed by atoms with van der Waals surface area (Å²) < 4.78 is 13.7. The standard InChI is InChI=1S/C28H35ClN6O2/c1-18(2)12-34-20-7-21(34)14-33(13-20)27-4-3-19(10-30-27)25-9-24(16-35-28(25)26(29)11-31-35)36-6-5-32-15-23-8-22(32)17-37-23/h3-4,9-11,16,18,20-23H,5-8,12-15,17H2,1-2H3. The van der Waals surface area contributed by atoms with Crippen molar-refractivity contribution in [2.75, 3.05) is 50.8 Å². The van der Waals surface area contributed by atoms with Gasteiger partial charge in [-0.3, -0.25) is 9.80 Å². The number of piperidine rings is 1. The molecule has 0 amide bonds. The van der Waals surface area contributed by atoms with Gasteiger partial charge < -0.3 is 14.4 Å². The van der Waals surface area contributed by atoms with Crippen LogP contribution in [-0.4, -0.2) is 94.6 Å². The maximum Gasteiger partial charge on any atom is 0.138 e. The molecule has 4 unspecified atom stereocenters. The third kappa shape index (κ3) is 4.38. The summed E-state index contributed by atoms with van der Waals surface area (Å²) in [5.74, 6) is 2.55. The van der Waals surface area contributed by atoms with Crippen molar-refractivity contribution in [2.45, 2.75) is 50.9 Å². The molecule has 3 aromatic rings. The van der Waals surface area contributed by atoms with Crippen LogP contribution in [0.4, 0.5) is 5.82 Å². The third-order valence-corrected chi connectivity index (χ3v) is 8.78. The number of hydrogen-bond donors (Lipinski definition) is 0. The zero-order valence-electron chi connectivity index (χ0n) is 21.6. The van der Waals surface area contributed by atoms with Gasteiger partial charge in [-0.2, -0.15) is 5.10 Å². The van der Waals surface area contributed by atoms with Gasteiger partial charge in [0.05, 0.1) is 35.6 Å². The van der Waals surface area contributed by atoms with Crippen molar-refractivity contribution in [1.82, 2.24) is 24.4 Å². The number of aromatic nitrogens is 3. The summed E-state index contributed by atoms with van der Waals surface area (Å²) in [6.07, 6.45) is 8.44. The molecule has 5 aliphatic heterocycles. The van der Waals surface area contributed by atoms with Crippen molar-refractivity contribution in [2.24, 2.45) is 5.92 Å². The topological polar surface area (TPSA) is 58.4 Å². The predicted molar refractivity (Wildman–Crippen MR) is 145 cm³/mol. The quantitative estimate of drug-likeness (QED) is 0.446. The van der Waals surface area contributed by atoms with Gasteiger partial charge in [-0.15, -0.1) is 0 Å². The van der Waals surface area contributed by atoms with E-state index in [-0.39, 0.29) is 0 Å². The second kappa shape index (κ2) is 9.42. The average molecular weight is 523 g/mol. The van der Waals surface area contributed by atoms with Gasteiger partial charge >= 0.3 is 0 Å². The van der Waals surface area contributed by atoms with Gasteiger partial charge in [0.15, 0.2) is 0 Å².